The van der Waals surface area contributed by atoms with E-state index < -0.39 is 0 Å². The predicted octanol–water partition coefficient (Wildman–Crippen LogP) is 3.26. The maximum Gasteiger partial charge on any atom is 0.138 e. The molecule has 0 spiro atoms. The van der Waals surface area contributed by atoms with E-state index in [0.29, 0.717) is 10.9 Å². The van der Waals surface area contributed by atoms with Crippen LogP contribution in [0.15, 0.2) is 18.2 Å². The molecule has 0 aromatic heterocycles. The van der Waals surface area contributed by atoms with Crippen molar-refractivity contribution < 1.29 is 9.84 Å². The quantitative estimate of drug-likeness (QED) is 0.841. The molecule has 2 heterocycles. The van der Waals surface area contributed by atoms with Crippen LogP contribution in [0.3, 0.4) is 0 Å². The van der Waals surface area contributed by atoms with Gasteiger partial charge in [0.15, 0.2) is 0 Å². The van der Waals surface area contributed by atoms with Crippen LogP contribution in [0.25, 0.3) is 0 Å². The zero-order valence-corrected chi connectivity index (χ0v) is 15.4. The fourth-order valence-electron chi connectivity index (χ4n) is 3.51. The van der Waals surface area contributed by atoms with Crippen molar-refractivity contribution in [3.63, 3.8) is 0 Å². The van der Waals surface area contributed by atoms with E-state index in [9.17, 15) is 5.11 Å². The van der Waals surface area contributed by atoms with Crippen molar-refractivity contribution in [3.05, 3.63) is 28.8 Å². The van der Waals surface area contributed by atoms with Crippen LogP contribution in [-0.2, 0) is 4.74 Å². The molecule has 0 bridgehead atoms. The molecule has 0 aliphatic carbocycles. The van der Waals surface area contributed by atoms with Gasteiger partial charge in [-0.2, -0.15) is 0 Å². The van der Waals surface area contributed by atoms with Crippen molar-refractivity contribution in [3.8, 4) is 5.75 Å². The number of nitrogens with zero attached hydrogens (tertiary/aromatic N) is 1. The lowest BCUT2D eigenvalue weighted by molar-refractivity contribution is 0.0206. The van der Waals surface area contributed by atoms with Crippen LogP contribution in [0.2, 0.25) is 5.02 Å². The molecular formula is C16H25Cl3N2O2. The zero-order valence-electron chi connectivity index (χ0n) is 13.0. The molecule has 0 saturated carbocycles. The molecular weight excluding hydrogens is 359 g/mol. The molecule has 1 aromatic rings. The van der Waals surface area contributed by atoms with E-state index in [1.807, 2.05) is 12.1 Å². The Balaban J connectivity index is 0.00000132. The van der Waals surface area contributed by atoms with Gasteiger partial charge in [-0.1, -0.05) is 23.7 Å². The van der Waals surface area contributed by atoms with Crippen molar-refractivity contribution >= 4 is 36.4 Å². The first-order valence-corrected chi connectivity index (χ1v) is 8.15. The van der Waals surface area contributed by atoms with Crippen LogP contribution in [-0.4, -0.2) is 49.4 Å². The molecule has 2 fully saturated rings. The smallest absolute Gasteiger partial charge is 0.138 e. The molecule has 1 aromatic carbocycles. The lowest BCUT2D eigenvalue weighted by Crippen LogP contribution is -2.47. The van der Waals surface area contributed by atoms with Crippen molar-refractivity contribution in [1.29, 1.82) is 0 Å². The summed E-state index contributed by atoms with van der Waals surface area (Å²) >= 11 is 6.13. The molecule has 4 nitrogen and oxygen atoms in total. The molecule has 2 saturated heterocycles. The average molecular weight is 384 g/mol. The number of para-hydroxylation sites is 1. The number of phenols is 1. The van der Waals surface area contributed by atoms with E-state index in [2.05, 4.69) is 10.2 Å². The minimum Gasteiger partial charge on any atom is -0.506 e. The van der Waals surface area contributed by atoms with Crippen molar-refractivity contribution in [2.75, 3.05) is 39.4 Å². The fourth-order valence-corrected chi connectivity index (χ4v) is 3.69. The Morgan fingerprint density at radius 2 is 1.83 bits per heavy atom. The third kappa shape index (κ3) is 4.88. The minimum atomic E-state index is 0. The molecule has 0 amide bonds. The molecule has 1 atom stereocenters. The summed E-state index contributed by atoms with van der Waals surface area (Å²) in [6, 6.07) is 5.93. The number of phenolic OH excluding ortho intramolecular Hbond substituents is 1. The highest BCUT2D eigenvalue weighted by molar-refractivity contribution is 6.32. The van der Waals surface area contributed by atoms with Crippen LogP contribution in [0.4, 0.5) is 0 Å². The Morgan fingerprint density at radius 1 is 1.17 bits per heavy atom. The number of halogens is 3. The summed E-state index contributed by atoms with van der Waals surface area (Å²) in [6.07, 6.45) is 2.08. The van der Waals surface area contributed by atoms with Gasteiger partial charge in [0, 0.05) is 51.0 Å². The molecule has 0 radical (unpaired) electrons. The van der Waals surface area contributed by atoms with Gasteiger partial charge >= 0.3 is 0 Å². The van der Waals surface area contributed by atoms with E-state index in [0.717, 1.165) is 57.8 Å². The summed E-state index contributed by atoms with van der Waals surface area (Å²) in [5.41, 5.74) is 0.969. The summed E-state index contributed by atoms with van der Waals surface area (Å²) in [7, 11) is 0. The first-order chi connectivity index (χ1) is 10.3. The Bertz CT molecular complexity index is 460. The van der Waals surface area contributed by atoms with Gasteiger partial charge in [0.2, 0.25) is 0 Å². The fraction of sp³-hybridized carbons (Fsp3) is 0.625. The molecule has 2 aliphatic heterocycles. The highest BCUT2D eigenvalue weighted by Gasteiger charge is 2.33. The Hall–Kier alpha value is -0.230. The van der Waals surface area contributed by atoms with Crippen molar-refractivity contribution in [1.82, 2.24) is 10.2 Å². The van der Waals surface area contributed by atoms with Crippen LogP contribution in [0.5, 0.6) is 5.75 Å². The number of piperazine rings is 1. The lowest BCUT2D eigenvalue weighted by Gasteiger charge is -2.41. The topological polar surface area (TPSA) is 44.7 Å². The van der Waals surface area contributed by atoms with Crippen LogP contribution in [0, 0.1) is 5.92 Å². The molecule has 0 unspecified atom stereocenters. The van der Waals surface area contributed by atoms with Crippen LogP contribution < -0.4 is 5.32 Å². The standard InChI is InChI=1S/C16H23ClN2O2.2ClH/c17-14-3-1-2-13(16(14)20)15(12-4-10-21-11-5-12)19-8-6-18-7-9-19;;/h1-3,12,15,18,20H,4-11H2;2*1H/t15-;;/m0../s1. The van der Waals surface area contributed by atoms with E-state index in [-0.39, 0.29) is 36.6 Å². The summed E-state index contributed by atoms with van der Waals surface area (Å²) in [5, 5.41) is 14.3. The average Bonchev–Trinajstić information content (AvgIpc) is 2.54. The largest absolute Gasteiger partial charge is 0.506 e. The van der Waals surface area contributed by atoms with Gasteiger partial charge in [0.05, 0.1) is 5.02 Å². The normalized spacial score (nSPS) is 21.1. The SMILES string of the molecule is Cl.Cl.Oc1c(Cl)cccc1[C@H](C1CCOCC1)N1CCNCC1. The maximum absolute atomic E-state index is 10.4. The van der Waals surface area contributed by atoms with E-state index in [1.165, 1.54) is 0 Å². The van der Waals surface area contributed by atoms with Gasteiger partial charge < -0.3 is 15.2 Å². The minimum absolute atomic E-state index is 0. The summed E-state index contributed by atoms with van der Waals surface area (Å²) < 4.78 is 5.51. The van der Waals surface area contributed by atoms with Gasteiger partial charge in [0.1, 0.15) is 5.75 Å². The molecule has 2 N–H and O–H groups in total. The first-order valence-electron chi connectivity index (χ1n) is 7.77. The van der Waals surface area contributed by atoms with E-state index in [1.54, 1.807) is 6.07 Å². The van der Waals surface area contributed by atoms with Crippen molar-refractivity contribution in [2.45, 2.75) is 18.9 Å². The second kappa shape index (κ2) is 9.92. The van der Waals surface area contributed by atoms with Gasteiger partial charge in [-0.3, -0.25) is 4.90 Å². The number of hydrogen-bond acceptors (Lipinski definition) is 4. The summed E-state index contributed by atoms with van der Waals surface area (Å²) in [4.78, 5) is 2.48. The maximum atomic E-state index is 10.4. The molecule has 2 aliphatic rings. The number of benzene rings is 1. The molecule has 7 heteroatoms. The zero-order chi connectivity index (χ0) is 14.7. The highest BCUT2D eigenvalue weighted by atomic mass is 35.5. The van der Waals surface area contributed by atoms with Gasteiger partial charge in [-0.05, 0) is 24.8 Å². The number of rotatable bonds is 3. The monoisotopic (exact) mass is 382 g/mol. The Morgan fingerprint density at radius 3 is 2.48 bits per heavy atom. The predicted molar refractivity (Wildman–Crippen MR) is 98.3 cm³/mol. The summed E-state index contributed by atoms with van der Waals surface area (Å²) in [5.74, 6) is 0.760. The summed E-state index contributed by atoms with van der Waals surface area (Å²) in [6.45, 7) is 5.65. The number of aromatic hydroxyl groups is 1. The van der Waals surface area contributed by atoms with Gasteiger partial charge in [-0.25, -0.2) is 0 Å². The van der Waals surface area contributed by atoms with Crippen molar-refractivity contribution in [2.24, 2.45) is 5.92 Å². The molecule has 132 valence electrons. The van der Waals surface area contributed by atoms with Gasteiger partial charge in [0.25, 0.3) is 0 Å². The second-order valence-electron chi connectivity index (χ2n) is 5.86. The second-order valence-corrected chi connectivity index (χ2v) is 6.27. The number of hydrogen-bond donors (Lipinski definition) is 2. The van der Waals surface area contributed by atoms with E-state index in [4.69, 9.17) is 16.3 Å². The third-order valence-electron chi connectivity index (χ3n) is 4.59. The number of ether oxygens (including phenoxy) is 1. The number of nitrogens with one attached hydrogen (secondary N) is 1. The Labute approximate surface area is 155 Å². The third-order valence-corrected chi connectivity index (χ3v) is 4.90. The highest BCUT2D eigenvalue weighted by Crippen LogP contribution is 2.41. The Kier molecular flexibility index (Phi) is 8.98. The van der Waals surface area contributed by atoms with E-state index >= 15 is 0 Å². The van der Waals surface area contributed by atoms with Crippen LogP contribution in [0.1, 0.15) is 24.4 Å². The molecule has 3 rings (SSSR count). The molecule has 23 heavy (non-hydrogen) atoms. The van der Waals surface area contributed by atoms with Gasteiger partial charge in [-0.15, -0.1) is 24.8 Å². The van der Waals surface area contributed by atoms with Crippen LogP contribution >= 0.6 is 36.4 Å². The first kappa shape index (κ1) is 20.8. The lowest BCUT2D eigenvalue weighted by atomic mass is 9.85.